The molecule has 0 bridgehead atoms. The third-order valence-electron chi connectivity index (χ3n) is 2.02. The first kappa shape index (κ1) is 9.27. The maximum atomic E-state index is 5.79. The van der Waals surface area contributed by atoms with Gasteiger partial charge in [-0.25, -0.2) is 0 Å². The molecule has 0 radical (unpaired) electrons. The molecule has 0 saturated heterocycles. The Balaban J connectivity index is 2.60. The van der Waals surface area contributed by atoms with Gasteiger partial charge in [-0.15, -0.1) is 0 Å². The Morgan fingerprint density at radius 3 is 2.57 bits per heavy atom. The normalized spacial score (nSPS) is 10.4. The standard InChI is InChI=1S/C10H10BrN3/c1-14-6-8(10(12)13-14)7-4-2-3-5-9(7)11/h2-6H,1H3,(H2,12,13). The number of rotatable bonds is 1. The van der Waals surface area contributed by atoms with Crippen molar-refractivity contribution in [3.8, 4) is 11.1 Å². The zero-order valence-corrected chi connectivity index (χ0v) is 9.32. The molecule has 0 aliphatic carbocycles. The molecule has 1 aromatic heterocycles. The first-order valence-corrected chi connectivity index (χ1v) is 5.02. The second-order valence-electron chi connectivity index (χ2n) is 3.08. The number of benzene rings is 1. The monoisotopic (exact) mass is 251 g/mol. The van der Waals surface area contributed by atoms with Crippen LogP contribution in [-0.4, -0.2) is 9.78 Å². The van der Waals surface area contributed by atoms with Crippen molar-refractivity contribution < 1.29 is 0 Å². The lowest BCUT2D eigenvalue weighted by Gasteiger charge is -2.00. The molecule has 3 nitrogen and oxygen atoms in total. The first-order chi connectivity index (χ1) is 6.68. The zero-order chi connectivity index (χ0) is 10.1. The lowest BCUT2D eigenvalue weighted by atomic mass is 10.1. The van der Waals surface area contributed by atoms with Gasteiger partial charge >= 0.3 is 0 Å². The van der Waals surface area contributed by atoms with Gasteiger partial charge < -0.3 is 5.73 Å². The highest BCUT2D eigenvalue weighted by molar-refractivity contribution is 9.10. The van der Waals surface area contributed by atoms with Crippen LogP contribution in [0, 0.1) is 0 Å². The largest absolute Gasteiger partial charge is 0.382 e. The van der Waals surface area contributed by atoms with Crippen molar-refractivity contribution in [2.75, 3.05) is 5.73 Å². The predicted octanol–water partition coefficient (Wildman–Crippen LogP) is 2.43. The van der Waals surface area contributed by atoms with Crippen LogP contribution >= 0.6 is 15.9 Å². The van der Waals surface area contributed by atoms with Crippen molar-refractivity contribution in [3.63, 3.8) is 0 Å². The molecule has 72 valence electrons. The van der Waals surface area contributed by atoms with E-state index in [9.17, 15) is 0 Å². The number of nitrogens with two attached hydrogens (primary N) is 1. The van der Waals surface area contributed by atoms with Crippen molar-refractivity contribution in [2.24, 2.45) is 7.05 Å². The molecular formula is C10H10BrN3. The molecule has 1 heterocycles. The van der Waals surface area contributed by atoms with Crippen molar-refractivity contribution >= 4 is 21.7 Å². The quantitative estimate of drug-likeness (QED) is 0.847. The molecule has 2 N–H and O–H groups in total. The average molecular weight is 252 g/mol. The number of hydrogen-bond donors (Lipinski definition) is 1. The third-order valence-corrected chi connectivity index (χ3v) is 2.71. The molecule has 0 aliphatic heterocycles. The Morgan fingerprint density at radius 1 is 1.29 bits per heavy atom. The Hall–Kier alpha value is -1.29. The number of nitrogen functional groups attached to an aromatic ring is 1. The molecule has 0 spiro atoms. The highest BCUT2D eigenvalue weighted by Gasteiger charge is 2.08. The van der Waals surface area contributed by atoms with Gasteiger partial charge in [0.15, 0.2) is 5.82 Å². The summed E-state index contributed by atoms with van der Waals surface area (Å²) in [5, 5.41) is 4.10. The van der Waals surface area contributed by atoms with Crippen LogP contribution in [0.4, 0.5) is 5.82 Å². The lowest BCUT2D eigenvalue weighted by molar-refractivity contribution is 0.772. The van der Waals surface area contributed by atoms with Gasteiger partial charge in [-0.05, 0) is 6.07 Å². The maximum absolute atomic E-state index is 5.79. The SMILES string of the molecule is Cn1cc(-c2ccccc2Br)c(N)n1. The molecule has 0 aliphatic rings. The Kier molecular flexibility index (Phi) is 2.29. The lowest BCUT2D eigenvalue weighted by Crippen LogP contribution is -1.90. The highest BCUT2D eigenvalue weighted by Crippen LogP contribution is 2.30. The molecule has 4 heteroatoms. The molecule has 0 fully saturated rings. The zero-order valence-electron chi connectivity index (χ0n) is 7.74. The van der Waals surface area contributed by atoms with Crippen molar-refractivity contribution in [1.29, 1.82) is 0 Å². The van der Waals surface area contributed by atoms with Gasteiger partial charge in [0.25, 0.3) is 0 Å². The fraction of sp³-hybridized carbons (Fsp3) is 0.100. The van der Waals surface area contributed by atoms with Gasteiger partial charge in [0, 0.05) is 28.8 Å². The molecule has 14 heavy (non-hydrogen) atoms. The van der Waals surface area contributed by atoms with E-state index in [-0.39, 0.29) is 0 Å². The molecule has 0 saturated carbocycles. The van der Waals surface area contributed by atoms with Crippen LogP contribution in [0.15, 0.2) is 34.9 Å². The first-order valence-electron chi connectivity index (χ1n) is 4.22. The van der Waals surface area contributed by atoms with E-state index in [2.05, 4.69) is 21.0 Å². The van der Waals surface area contributed by atoms with Crippen LogP contribution in [0.25, 0.3) is 11.1 Å². The summed E-state index contributed by atoms with van der Waals surface area (Å²) in [7, 11) is 1.86. The van der Waals surface area contributed by atoms with Crippen LogP contribution < -0.4 is 5.73 Å². The molecule has 2 aromatic rings. The van der Waals surface area contributed by atoms with E-state index in [0.29, 0.717) is 5.82 Å². The molecule has 0 atom stereocenters. The maximum Gasteiger partial charge on any atom is 0.153 e. The number of aromatic nitrogens is 2. The van der Waals surface area contributed by atoms with Crippen LogP contribution in [0.2, 0.25) is 0 Å². The number of hydrogen-bond acceptors (Lipinski definition) is 2. The van der Waals surface area contributed by atoms with E-state index < -0.39 is 0 Å². The number of aryl methyl sites for hydroxylation is 1. The van der Waals surface area contributed by atoms with E-state index in [1.165, 1.54) is 0 Å². The Labute approximate surface area is 90.7 Å². The molecule has 2 rings (SSSR count). The fourth-order valence-electron chi connectivity index (χ4n) is 1.39. The summed E-state index contributed by atoms with van der Waals surface area (Å²) in [6.07, 6.45) is 1.91. The number of halogens is 1. The summed E-state index contributed by atoms with van der Waals surface area (Å²) in [6.45, 7) is 0. The van der Waals surface area contributed by atoms with E-state index in [1.807, 2.05) is 37.5 Å². The smallest absolute Gasteiger partial charge is 0.153 e. The van der Waals surface area contributed by atoms with Gasteiger partial charge in [-0.2, -0.15) is 5.10 Å². The van der Waals surface area contributed by atoms with Gasteiger partial charge in [-0.1, -0.05) is 34.1 Å². The van der Waals surface area contributed by atoms with Crippen molar-refractivity contribution in [2.45, 2.75) is 0 Å². The van der Waals surface area contributed by atoms with E-state index in [4.69, 9.17) is 5.73 Å². The third kappa shape index (κ3) is 1.53. The second kappa shape index (κ2) is 3.46. The van der Waals surface area contributed by atoms with Crippen LogP contribution in [0.3, 0.4) is 0 Å². The molecular weight excluding hydrogens is 242 g/mol. The molecule has 1 aromatic carbocycles. The summed E-state index contributed by atoms with van der Waals surface area (Å²) in [5.74, 6) is 0.555. The predicted molar refractivity (Wildman–Crippen MR) is 60.8 cm³/mol. The van der Waals surface area contributed by atoms with Crippen LogP contribution in [-0.2, 0) is 7.05 Å². The summed E-state index contributed by atoms with van der Waals surface area (Å²) in [6, 6.07) is 7.95. The van der Waals surface area contributed by atoms with E-state index >= 15 is 0 Å². The van der Waals surface area contributed by atoms with Crippen LogP contribution in [0.1, 0.15) is 0 Å². The van der Waals surface area contributed by atoms with Gasteiger partial charge in [-0.3, -0.25) is 4.68 Å². The van der Waals surface area contributed by atoms with Crippen molar-refractivity contribution in [1.82, 2.24) is 9.78 Å². The van der Waals surface area contributed by atoms with Crippen molar-refractivity contribution in [3.05, 3.63) is 34.9 Å². The second-order valence-corrected chi connectivity index (χ2v) is 3.94. The Bertz CT molecular complexity index is 462. The Morgan fingerprint density at radius 2 is 2.00 bits per heavy atom. The van der Waals surface area contributed by atoms with Gasteiger partial charge in [0.2, 0.25) is 0 Å². The summed E-state index contributed by atoms with van der Waals surface area (Å²) in [4.78, 5) is 0. The fourth-order valence-corrected chi connectivity index (χ4v) is 1.89. The minimum atomic E-state index is 0.555. The highest BCUT2D eigenvalue weighted by atomic mass is 79.9. The number of nitrogens with zero attached hydrogens (tertiary/aromatic N) is 2. The summed E-state index contributed by atoms with van der Waals surface area (Å²) >= 11 is 3.48. The minimum Gasteiger partial charge on any atom is -0.382 e. The van der Waals surface area contributed by atoms with E-state index in [1.54, 1.807) is 4.68 Å². The van der Waals surface area contributed by atoms with Crippen LogP contribution in [0.5, 0.6) is 0 Å². The molecule has 0 amide bonds. The van der Waals surface area contributed by atoms with Gasteiger partial charge in [0.1, 0.15) is 0 Å². The van der Waals surface area contributed by atoms with Gasteiger partial charge in [0.05, 0.1) is 0 Å². The number of anilines is 1. The average Bonchev–Trinajstić information content (AvgIpc) is 2.46. The summed E-state index contributed by atoms with van der Waals surface area (Å²) < 4.78 is 2.74. The summed E-state index contributed by atoms with van der Waals surface area (Å²) in [5.41, 5.74) is 7.82. The minimum absolute atomic E-state index is 0.555. The van der Waals surface area contributed by atoms with E-state index in [0.717, 1.165) is 15.6 Å². The molecule has 0 unspecified atom stereocenters. The topological polar surface area (TPSA) is 43.8 Å².